The topological polar surface area (TPSA) is 49.8 Å². The number of rotatable bonds is 11. The largest absolute Gasteiger partial charge is 0.465 e. The Hall–Kier alpha value is -1.91. The zero-order valence-corrected chi connectivity index (χ0v) is 19.2. The molecule has 4 nitrogen and oxygen atoms in total. The van der Waals surface area contributed by atoms with Gasteiger partial charge in [0.25, 0.3) is 0 Å². The molecule has 0 aromatic heterocycles. The van der Waals surface area contributed by atoms with Crippen LogP contribution >= 0.6 is 0 Å². The summed E-state index contributed by atoms with van der Waals surface area (Å²) in [7, 11) is 0. The normalized spacial score (nSPS) is 30.5. The summed E-state index contributed by atoms with van der Waals surface area (Å²) in [4.78, 5) is 15.8. The predicted octanol–water partition coefficient (Wildman–Crippen LogP) is 4.93. The van der Waals surface area contributed by atoms with Gasteiger partial charge in [-0.25, -0.2) is 0 Å². The van der Waals surface area contributed by atoms with Gasteiger partial charge < -0.3 is 14.7 Å². The minimum absolute atomic E-state index is 0.241. The van der Waals surface area contributed by atoms with Crippen molar-refractivity contribution >= 4 is 5.97 Å². The monoisotopic (exact) mass is 425 g/mol. The van der Waals surface area contributed by atoms with Crippen LogP contribution in [0, 0.1) is 10.8 Å². The van der Waals surface area contributed by atoms with E-state index in [1.807, 2.05) is 19.1 Å². The smallest absolute Gasteiger partial charge is 0.316 e. The molecule has 0 radical (unpaired) electrons. The number of fused-ring (bicyclic) bond motifs is 2. The highest BCUT2D eigenvalue weighted by molar-refractivity contribution is 5.80. The number of benzene rings is 1. The van der Waals surface area contributed by atoms with Crippen molar-refractivity contribution in [3.05, 3.63) is 61.2 Å². The number of nitrogens with zero attached hydrogens (tertiary/aromatic N) is 1. The van der Waals surface area contributed by atoms with Crippen LogP contribution in [0.3, 0.4) is 0 Å². The summed E-state index contributed by atoms with van der Waals surface area (Å²) in [5.74, 6) is -0.241. The van der Waals surface area contributed by atoms with Crippen molar-refractivity contribution in [3.63, 3.8) is 0 Å². The van der Waals surface area contributed by atoms with Crippen LogP contribution in [0.1, 0.15) is 57.4 Å². The molecule has 1 aliphatic heterocycles. The lowest BCUT2D eigenvalue weighted by Crippen LogP contribution is -2.74. The van der Waals surface area contributed by atoms with Gasteiger partial charge in [0.1, 0.15) is 5.41 Å². The molecule has 4 heteroatoms. The zero-order chi connectivity index (χ0) is 22.4. The molecule has 2 bridgehead atoms. The maximum atomic E-state index is 13.4. The van der Waals surface area contributed by atoms with Crippen LogP contribution in [0.25, 0.3) is 0 Å². The maximum Gasteiger partial charge on any atom is 0.316 e. The molecule has 3 atom stereocenters. The van der Waals surface area contributed by atoms with Crippen LogP contribution in [-0.4, -0.2) is 47.8 Å². The highest BCUT2D eigenvalue weighted by Gasteiger charge is 2.70. The fourth-order valence-corrected chi connectivity index (χ4v) is 6.26. The zero-order valence-electron chi connectivity index (χ0n) is 19.2. The first-order valence-corrected chi connectivity index (χ1v) is 11.8. The fourth-order valence-electron chi connectivity index (χ4n) is 6.26. The van der Waals surface area contributed by atoms with E-state index in [4.69, 9.17) is 4.74 Å². The van der Waals surface area contributed by atoms with Crippen molar-refractivity contribution < 1.29 is 14.6 Å². The third kappa shape index (κ3) is 4.38. The molecular formula is C27H39NO3. The first-order chi connectivity index (χ1) is 15.0. The number of hydrogen-bond acceptors (Lipinski definition) is 4. The van der Waals surface area contributed by atoms with Gasteiger partial charge in [-0.05, 0) is 64.0 Å². The molecule has 1 saturated carbocycles. The second-order valence-corrected chi connectivity index (χ2v) is 9.42. The number of hydrogen-bond donors (Lipinski definition) is 1. The number of carbonyl (C=O) groups excluding carboxylic acids is 1. The molecular weight excluding hydrogens is 386 g/mol. The van der Waals surface area contributed by atoms with E-state index in [-0.39, 0.29) is 11.4 Å². The quantitative estimate of drug-likeness (QED) is 0.403. The number of allylic oxidation sites excluding steroid dienone is 1. The van der Waals surface area contributed by atoms with E-state index in [2.05, 4.69) is 42.3 Å². The Bertz CT molecular complexity index is 763. The van der Waals surface area contributed by atoms with Gasteiger partial charge in [-0.2, -0.15) is 0 Å². The van der Waals surface area contributed by atoms with E-state index in [0.717, 1.165) is 51.6 Å². The third-order valence-corrected chi connectivity index (χ3v) is 7.66. The van der Waals surface area contributed by atoms with Crippen molar-refractivity contribution in [2.45, 2.75) is 63.9 Å². The number of aliphatic hydroxyl groups is 1. The average Bonchev–Trinajstić information content (AvgIpc) is 2.75. The second kappa shape index (κ2) is 10.1. The van der Waals surface area contributed by atoms with E-state index in [1.54, 1.807) is 6.08 Å². The van der Waals surface area contributed by atoms with E-state index in [9.17, 15) is 9.90 Å². The summed E-state index contributed by atoms with van der Waals surface area (Å²) >= 11 is 0. The van der Waals surface area contributed by atoms with Crippen molar-refractivity contribution in [3.8, 4) is 0 Å². The molecule has 2 aliphatic rings. The summed E-state index contributed by atoms with van der Waals surface area (Å²) in [6.45, 7) is 12.3. The Morgan fingerprint density at radius 2 is 1.97 bits per heavy atom. The minimum Gasteiger partial charge on any atom is -0.465 e. The van der Waals surface area contributed by atoms with Crippen molar-refractivity contribution in [1.29, 1.82) is 0 Å². The Labute approximate surface area is 188 Å². The number of piperidine rings is 1. The Balaban J connectivity index is 1.90. The van der Waals surface area contributed by atoms with Gasteiger partial charge in [-0.1, -0.05) is 48.9 Å². The molecule has 2 fully saturated rings. The van der Waals surface area contributed by atoms with Crippen LogP contribution in [-0.2, 0) is 16.0 Å². The standard InChI is InChI=1S/C27H39NO3/c1-4-7-17-25-18-12-19-26(24(29)31-6-3,27(25,30)16-5-2)22-28(21-25)20-11-15-23-13-9-8-10-14-23/h4-5,8-10,13-14,30H,1-2,6-7,11-12,15-22H2,3H3/t25-,26+,27-/m1/s1. The molecule has 0 spiro atoms. The molecule has 1 N–H and O–H groups in total. The summed E-state index contributed by atoms with van der Waals surface area (Å²) in [6.07, 6.45) is 10.4. The summed E-state index contributed by atoms with van der Waals surface area (Å²) in [5, 5.41) is 12.3. The minimum atomic E-state index is -1.13. The molecule has 0 amide bonds. The summed E-state index contributed by atoms with van der Waals surface area (Å²) in [6, 6.07) is 10.5. The Kier molecular flexibility index (Phi) is 7.77. The number of likely N-dealkylation sites (tertiary alicyclic amines) is 1. The summed E-state index contributed by atoms with van der Waals surface area (Å²) in [5.41, 5.74) is -1.05. The van der Waals surface area contributed by atoms with Crippen LogP contribution < -0.4 is 0 Å². The molecule has 1 heterocycles. The van der Waals surface area contributed by atoms with E-state index in [1.165, 1.54) is 5.56 Å². The van der Waals surface area contributed by atoms with Crippen LogP contribution in [0.4, 0.5) is 0 Å². The summed E-state index contributed by atoms with van der Waals surface area (Å²) < 4.78 is 5.59. The molecule has 1 saturated heterocycles. The molecule has 170 valence electrons. The van der Waals surface area contributed by atoms with Gasteiger partial charge in [0, 0.05) is 18.5 Å². The van der Waals surface area contributed by atoms with Gasteiger partial charge in [0.15, 0.2) is 0 Å². The van der Waals surface area contributed by atoms with E-state index >= 15 is 0 Å². The Morgan fingerprint density at radius 3 is 2.65 bits per heavy atom. The van der Waals surface area contributed by atoms with Gasteiger partial charge in [0.2, 0.25) is 0 Å². The lowest BCUT2D eigenvalue weighted by atomic mass is 9.46. The molecule has 3 rings (SSSR count). The highest BCUT2D eigenvalue weighted by atomic mass is 16.5. The average molecular weight is 426 g/mol. The number of ether oxygens (including phenoxy) is 1. The van der Waals surface area contributed by atoms with Crippen LogP contribution in [0.5, 0.6) is 0 Å². The Morgan fingerprint density at radius 1 is 1.19 bits per heavy atom. The number of esters is 1. The second-order valence-electron chi connectivity index (χ2n) is 9.42. The van der Waals surface area contributed by atoms with Gasteiger partial charge in [-0.3, -0.25) is 4.79 Å². The first-order valence-electron chi connectivity index (χ1n) is 11.8. The van der Waals surface area contributed by atoms with Gasteiger partial charge >= 0.3 is 5.97 Å². The van der Waals surface area contributed by atoms with Crippen molar-refractivity contribution in [2.24, 2.45) is 10.8 Å². The van der Waals surface area contributed by atoms with E-state index in [0.29, 0.717) is 26.0 Å². The first kappa shape index (κ1) is 23.7. The lowest BCUT2D eigenvalue weighted by Gasteiger charge is -2.65. The predicted molar refractivity (Wildman–Crippen MR) is 126 cm³/mol. The molecule has 1 aromatic rings. The van der Waals surface area contributed by atoms with Crippen molar-refractivity contribution in [1.82, 2.24) is 4.90 Å². The molecule has 31 heavy (non-hydrogen) atoms. The van der Waals surface area contributed by atoms with Crippen LogP contribution in [0.2, 0.25) is 0 Å². The van der Waals surface area contributed by atoms with E-state index < -0.39 is 11.0 Å². The van der Waals surface area contributed by atoms with Crippen LogP contribution in [0.15, 0.2) is 55.6 Å². The number of carbonyl (C=O) groups is 1. The van der Waals surface area contributed by atoms with Gasteiger partial charge in [0.05, 0.1) is 12.2 Å². The maximum absolute atomic E-state index is 13.4. The third-order valence-electron chi connectivity index (χ3n) is 7.66. The van der Waals surface area contributed by atoms with Gasteiger partial charge in [-0.15, -0.1) is 13.2 Å². The molecule has 0 unspecified atom stereocenters. The SMILES string of the molecule is C=CCC[C@@]12CCC[C@@](C(=O)OCC)(CN(CCCc3ccccc3)C1)[C@@]2(O)CC=C. The lowest BCUT2D eigenvalue weighted by molar-refractivity contribution is -0.251. The highest BCUT2D eigenvalue weighted by Crippen LogP contribution is 2.61. The fraction of sp³-hybridized carbons (Fsp3) is 0.593. The number of aryl methyl sites for hydroxylation is 1. The van der Waals surface area contributed by atoms with Crippen molar-refractivity contribution in [2.75, 3.05) is 26.2 Å². The molecule has 1 aromatic carbocycles. The molecule has 1 aliphatic carbocycles.